The van der Waals surface area contributed by atoms with Gasteiger partial charge in [0.2, 0.25) is 5.89 Å². The Morgan fingerprint density at radius 1 is 1.48 bits per heavy atom. The molecule has 0 aliphatic rings. The predicted molar refractivity (Wildman–Crippen MR) is 77.3 cm³/mol. The van der Waals surface area contributed by atoms with Crippen LogP contribution in [0.3, 0.4) is 0 Å². The van der Waals surface area contributed by atoms with Crippen molar-refractivity contribution in [3.63, 3.8) is 0 Å². The maximum Gasteiger partial charge on any atom is 0.322 e. The van der Waals surface area contributed by atoms with Gasteiger partial charge in [0.15, 0.2) is 5.69 Å². The highest BCUT2D eigenvalue weighted by Crippen LogP contribution is 2.15. The summed E-state index contributed by atoms with van der Waals surface area (Å²) < 4.78 is 7.03. The normalized spacial score (nSPS) is 10.8. The Bertz CT molecular complexity index is 740. The molecule has 108 valence electrons. The zero-order valence-corrected chi connectivity index (χ0v) is 12.3. The van der Waals surface area contributed by atoms with E-state index in [0.29, 0.717) is 18.0 Å². The Balaban J connectivity index is 1.68. The smallest absolute Gasteiger partial charge is 0.322 e. The fourth-order valence-electron chi connectivity index (χ4n) is 1.77. The summed E-state index contributed by atoms with van der Waals surface area (Å²) in [6.07, 6.45) is 0.559. The zero-order valence-electron chi connectivity index (χ0n) is 11.5. The first-order chi connectivity index (χ1) is 10.1. The van der Waals surface area contributed by atoms with Crippen molar-refractivity contribution >= 4 is 23.3 Å². The van der Waals surface area contributed by atoms with Crippen molar-refractivity contribution in [1.29, 1.82) is 0 Å². The molecule has 0 bridgehead atoms. The third-order valence-electron chi connectivity index (χ3n) is 2.94. The fourth-order valence-corrected chi connectivity index (χ4v) is 2.47. The zero-order chi connectivity index (χ0) is 14.8. The first-order valence-corrected chi connectivity index (χ1v) is 7.16. The van der Waals surface area contributed by atoms with E-state index >= 15 is 0 Å². The molecule has 8 heteroatoms. The van der Waals surface area contributed by atoms with Crippen LogP contribution in [0.1, 0.15) is 27.0 Å². The van der Waals surface area contributed by atoms with Crippen LogP contribution in [-0.4, -0.2) is 25.9 Å². The summed E-state index contributed by atoms with van der Waals surface area (Å²) in [6.45, 7) is 1.87. The van der Waals surface area contributed by atoms with Gasteiger partial charge >= 0.3 is 6.01 Å². The lowest BCUT2D eigenvalue weighted by atomic mass is 10.3. The van der Waals surface area contributed by atoms with Crippen LogP contribution in [0.2, 0.25) is 0 Å². The number of carbonyl (C=O) groups is 1. The highest BCUT2D eigenvalue weighted by molar-refractivity contribution is 7.09. The van der Waals surface area contributed by atoms with Gasteiger partial charge in [-0.15, -0.1) is 16.4 Å². The monoisotopic (exact) mass is 303 g/mol. The number of aryl methyl sites for hydroxylation is 2. The summed E-state index contributed by atoms with van der Waals surface area (Å²) in [5.74, 6) is 0.0926. The van der Waals surface area contributed by atoms with Crippen LogP contribution in [0.4, 0.5) is 6.01 Å². The molecule has 1 amide bonds. The molecule has 0 saturated carbocycles. The third-order valence-corrected chi connectivity index (χ3v) is 3.82. The maximum atomic E-state index is 12.0. The van der Waals surface area contributed by atoms with E-state index in [1.165, 1.54) is 0 Å². The van der Waals surface area contributed by atoms with E-state index in [4.69, 9.17) is 4.42 Å². The van der Waals surface area contributed by atoms with Crippen LogP contribution in [0, 0.1) is 6.92 Å². The molecule has 0 aliphatic heterocycles. The van der Waals surface area contributed by atoms with E-state index < -0.39 is 0 Å². The van der Waals surface area contributed by atoms with Crippen molar-refractivity contribution in [3.05, 3.63) is 45.7 Å². The molecule has 0 fully saturated rings. The molecule has 1 N–H and O–H groups in total. The van der Waals surface area contributed by atoms with E-state index in [0.717, 1.165) is 10.6 Å². The molecule has 0 saturated heterocycles. The van der Waals surface area contributed by atoms with Crippen molar-refractivity contribution in [2.45, 2.75) is 13.3 Å². The van der Waals surface area contributed by atoms with Crippen molar-refractivity contribution in [2.24, 2.45) is 7.05 Å². The number of carbonyl (C=O) groups excluding carboxylic acids is 1. The number of anilines is 1. The second kappa shape index (κ2) is 5.49. The minimum atomic E-state index is -0.370. The van der Waals surface area contributed by atoms with Crippen LogP contribution in [0.5, 0.6) is 0 Å². The first kappa shape index (κ1) is 13.5. The molecule has 3 heterocycles. The lowest BCUT2D eigenvalue weighted by Gasteiger charge is -1.95. The van der Waals surface area contributed by atoms with Crippen LogP contribution in [0.15, 0.2) is 28.0 Å². The van der Waals surface area contributed by atoms with Crippen LogP contribution < -0.4 is 5.32 Å². The summed E-state index contributed by atoms with van der Waals surface area (Å²) >= 11 is 1.61. The Morgan fingerprint density at radius 2 is 2.33 bits per heavy atom. The molecule has 0 radical (unpaired) electrons. The number of hydrogen-bond acceptors (Lipinski definition) is 6. The lowest BCUT2D eigenvalue weighted by Crippen LogP contribution is -2.13. The van der Waals surface area contributed by atoms with Gasteiger partial charge in [0.1, 0.15) is 0 Å². The molecule has 3 rings (SSSR count). The summed E-state index contributed by atoms with van der Waals surface area (Å²) in [6, 6.07) is 5.72. The van der Waals surface area contributed by atoms with Gasteiger partial charge in [-0.3, -0.25) is 14.8 Å². The highest BCUT2D eigenvalue weighted by Gasteiger charge is 2.15. The average molecular weight is 303 g/mol. The van der Waals surface area contributed by atoms with Gasteiger partial charge in [0, 0.05) is 17.6 Å². The van der Waals surface area contributed by atoms with Gasteiger partial charge in [-0.1, -0.05) is 11.2 Å². The average Bonchev–Trinajstić information content (AvgIpc) is 3.15. The molecular weight excluding hydrogens is 290 g/mol. The van der Waals surface area contributed by atoms with E-state index in [9.17, 15) is 4.79 Å². The van der Waals surface area contributed by atoms with Crippen molar-refractivity contribution in [1.82, 2.24) is 20.0 Å². The van der Waals surface area contributed by atoms with E-state index in [-0.39, 0.29) is 11.9 Å². The van der Waals surface area contributed by atoms with Crippen LogP contribution in [0.25, 0.3) is 0 Å². The molecular formula is C13H13N5O2S. The number of hydrogen-bond donors (Lipinski definition) is 1. The molecule has 0 aliphatic carbocycles. The molecule has 21 heavy (non-hydrogen) atoms. The largest absolute Gasteiger partial charge is 0.407 e. The standard InChI is InChI=1S/C13H13N5O2S/c1-8-6-10(17-18(8)2)12(19)14-13-16-15-11(20-13)7-9-4-3-5-21-9/h3-6H,7H2,1-2H3,(H,14,16,19). The lowest BCUT2D eigenvalue weighted by molar-refractivity contribution is 0.101. The van der Waals surface area contributed by atoms with E-state index in [1.54, 1.807) is 29.1 Å². The molecule has 0 aromatic carbocycles. The van der Waals surface area contributed by atoms with Gasteiger partial charge in [-0.2, -0.15) is 5.10 Å². The molecule has 3 aromatic rings. The summed E-state index contributed by atoms with van der Waals surface area (Å²) in [7, 11) is 1.78. The minimum Gasteiger partial charge on any atom is -0.407 e. The fraction of sp³-hybridized carbons (Fsp3) is 0.231. The van der Waals surface area contributed by atoms with E-state index in [1.807, 2.05) is 24.4 Å². The molecule has 7 nitrogen and oxygen atoms in total. The second-order valence-corrected chi connectivity index (χ2v) is 5.54. The Labute approximate surface area is 124 Å². The van der Waals surface area contributed by atoms with Gasteiger partial charge in [-0.25, -0.2) is 0 Å². The second-order valence-electron chi connectivity index (χ2n) is 4.51. The number of thiophene rings is 1. The Kier molecular flexibility index (Phi) is 3.53. The quantitative estimate of drug-likeness (QED) is 0.797. The Morgan fingerprint density at radius 3 is 3.00 bits per heavy atom. The minimum absolute atomic E-state index is 0.0786. The number of nitrogens with one attached hydrogen (secondary N) is 1. The van der Waals surface area contributed by atoms with Crippen molar-refractivity contribution in [3.8, 4) is 0 Å². The van der Waals surface area contributed by atoms with Gasteiger partial charge < -0.3 is 4.42 Å². The van der Waals surface area contributed by atoms with Gasteiger partial charge in [0.05, 0.1) is 6.42 Å². The third kappa shape index (κ3) is 3.00. The number of amides is 1. The van der Waals surface area contributed by atoms with Crippen molar-refractivity contribution in [2.75, 3.05) is 5.32 Å². The number of aromatic nitrogens is 4. The molecule has 3 aromatic heterocycles. The van der Waals surface area contributed by atoms with Gasteiger partial charge in [0.25, 0.3) is 5.91 Å². The van der Waals surface area contributed by atoms with Crippen LogP contribution in [-0.2, 0) is 13.5 Å². The topological polar surface area (TPSA) is 85.8 Å². The maximum absolute atomic E-state index is 12.0. The molecule has 0 atom stereocenters. The first-order valence-electron chi connectivity index (χ1n) is 6.28. The number of rotatable bonds is 4. The predicted octanol–water partition coefficient (Wildman–Crippen LogP) is 2.02. The summed E-state index contributed by atoms with van der Waals surface area (Å²) in [4.78, 5) is 13.1. The molecule has 0 unspecified atom stereocenters. The SMILES string of the molecule is Cc1cc(C(=O)Nc2nnc(Cc3cccs3)o2)nn1C. The van der Waals surface area contributed by atoms with E-state index in [2.05, 4.69) is 20.6 Å². The Hall–Kier alpha value is -2.48. The van der Waals surface area contributed by atoms with Crippen molar-refractivity contribution < 1.29 is 9.21 Å². The number of nitrogens with zero attached hydrogens (tertiary/aromatic N) is 4. The highest BCUT2D eigenvalue weighted by atomic mass is 32.1. The van der Waals surface area contributed by atoms with Crippen LogP contribution >= 0.6 is 11.3 Å². The van der Waals surface area contributed by atoms with Gasteiger partial charge in [-0.05, 0) is 24.4 Å². The summed E-state index contributed by atoms with van der Waals surface area (Å²) in [5, 5.41) is 16.3. The summed E-state index contributed by atoms with van der Waals surface area (Å²) in [5.41, 5.74) is 1.21. The molecule has 0 spiro atoms.